The number of hydrogen-bond donors (Lipinski definition) is 1. The van der Waals surface area contributed by atoms with Gasteiger partial charge in [0.2, 0.25) is 0 Å². The summed E-state index contributed by atoms with van der Waals surface area (Å²) < 4.78 is 13.2. The number of nitrogens with one attached hydrogen (secondary N) is 1. The van der Waals surface area contributed by atoms with E-state index in [1.54, 1.807) is 18.1 Å². The zero-order valence-electron chi connectivity index (χ0n) is 11.1. The second kappa shape index (κ2) is 4.92. The third-order valence-electron chi connectivity index (χ3n) is 3.47. The van der Waals surface area contributed by atoms with E-state index in [9.17, 15) is 9.18 Å². The summed E-state index contributed by atoms with van der Waals surface area (Å²) in [6.45, 7) is 0.667. The Bertz CT molecular complexity index is 672. The summed E-state index contributed by atoms with van der Waals surface area (Å²) in [5, 5.41) is 2.63. The van der Waals surface area contributed by atoms with Gasteiger partial charge in [-0.2, -0.15) is 0 Å². The average Bonchev–Trinajstić information content (AvgIpc) is 2.89. The number of urea groups is 1. The molecule has 20 heavy (non-hydrogen) atoms. The van der Waals surface area contributed by atoms with Crippen LogP contribution >= 0.6 is 0 Å². The number of nitrogens with zero attached hydrogens (tertiary/aromatic N) is 2. The van der Waals surface area contributed by atoms with Crippen molar-refractivity contribution < 1.29 is 9.18 Å². The molecule has 2 aromatic rings. The molecule has 1 aliphatic heterocycles. The molecular weight excluding hydrogens is 257 g/mol. The largest absolute Gasteiger partial charge is 0.341 e. The fourth-order valence-corrected chi connectivity index (χ4v) is 2.50. The van der Waals surface area contributed by atoms with Gasteiger partial charge in [0.05, 0.1) is 6.20 Å². The highest BCUT2D eigenvalue weighted by Gasteiger charge is 2.24. The SMILES string of the molecule is CNC(=O)N1CCc2cc(-c3cncc(F)c3)ccc21. The van der Waals surface area contributed by atoms with E-state index < -0.39 is 0 Å². The number of aromatic nitrogens is 1. The molecule has 2 amide bonds. The Kier molecular flexibility index (Phi) is 3.10. The van der Waals surface area contributed by atoms with Gasteiger partial charge in [-0.25, -0.2) is 9.18 Å². The van der Waals surface area contributed by atoms with E-state index in [-0.39, 0.29) is 11.8 Å². The molecule has 4 nitrogen and oxygen atoms in total. The predicted molar refractivity (Wildman–Crippen MR) is 75.1 cm³/mol. The summed E-state index contributed by atoms with van der Waals surface area (Å²) in [5.74, 6) is -0.352. The molecule has 0 fully saturated rings. The van der Waals surface area contributed by atoms with E-state index in [1.165, 1.54) is 12.3 Å². The van der Waals surface area contributed by atoms with Crippen LogP contribution in [-0.4, -0.2) is 24.6 Å². The Hall–Kier alpha value is -2.43. The first-order chi connectivity index (χ1) is 9.69. The maximum Gasteiger partial charge on any atom is 0.321 e. The maximum atomic E-state index is 13.2. The van der Waals surface area contributed by atoms with E-state index in [0.29, 0.717) is 6.54 Å². The summed E-state index contributed by atoms with van der Waals surface area (Å²) in [6.07, 6.45) is 3.62. The van der Waals surface area contributed by atoms with E-state index in [4.69, 9.17) is 0 Å². The minimum atomic E-state index is -0.352. The summed E-state index contributed by atoms with van der Waals surface area (Å²) in [5.41, 5.74) is 3.66. The van der Waals surface area contributed by atoms with Gasteiger partial charge in [0.25, 0.3) is 0 Å². The van der Waals surface area contributed by atoms with Crippen LogP contribution in [-0.2, 0) is 6.42 Å². The molecule has 0 saturated carbocycles. The second-order valence-corrected chi connectivity index (χ2v) is 4.69. The quantitative estimate of drug-likeness (QED) is 0.866. The monoisotopic (exact) mass is 271 g/mol. The third kappa shape index (κ3) is 2.11. The van der Waals surface area contributed by atoms with E-state index in [2.05, 4.69) is 10.3 Å². The lowest BCUT2D eigenvalue weighted by Crippen LogP contribution is -2.36. The Morgan fingerprint density at radius 3 is 2.90 bits per heavy atom. The molecule has 0 spiro atoms. The van der Waals surface area contributed by atoms with Gasteiger partial charge in [0, 0.05) is 31.0 Å². The first-order valence-electron chi connectivity index (χ1n) is 6.42. The number of amides is 2. The van der Waals surface area contributed by atoms with Crippen molar-refractivity contribution in [1.82, 2.24) is 10.3 Å². The number of halogens is 1. The fraction of sp³-hybridized carbons (Fsp3) is 0.200. The molecule has 0 radical (unpaired) electrons. The molecule has 2 heterocycles. The summed E-state index contributed by atoms with van der Waals surface area (Å²) >= 11 is 0. The number of fused-ring (bicyclic) bond motifs is 1. The van der Waals surface area contributed by atoms with Crippen molar-refractivity contribution >= 4 is 11.7 Å². The maximum absolute atomic E-state index is 13.2. The van der Waals surface area contributed by atoms with Crippen molar-refractivity contribution in [3.63, 3.8) is 0 Å². The van der Waals surface area contributed by atoms with Crippen LogP contribution in [0.5, 0.6) is 0 Å². The number of anilines is 1. The smallest absolute Gasteiger partial charge is 0.321 e. The molecule has 0 saturated heterocycles. The van der Waals surface area contributed by atoms with Crippen molar-refractivity contribution in [3.8, 4) is 11.1 Å². The molecule has 1 aromatic heterocycles. The highest BCUT2D eigenvalue weighted by molar-refractivity contribution is 5.94. The first kappa shape index (κ1) is 12.6. The van der Waals surface area contributed by atoms with Crippen LogP contribution in [0.3, 0.4) is 0 Å². The van der Waals surface area contributed by atoms with Gasteiger partial charge >= 0.3 is 6.03 Å². The molecule has 0 bridgehead atoms. The van der Waals surface area contributed by atoms with Gasteiger partial charge in [0.15, 0.2) is 0 Å². The average molecular weight is 271 g/mol. The second-order valence-electron chi connectivity index (χ2n) is 4.69. The van der Waals surface area contributed by atoms with Crippen LogP contribution in [0.2, 0.25) is 0 Å². The normalized spacial score (nSPS) is 13.2. The molecule has 1 aliphatic rings. The molecule has 5 heteroatoms. The summed E-state index contributed by atoms with van der Waals surface area (Å²) in [7, 11) is 1.62. The van der Waals surface area contributed by atoms with Crippen molar-refractivity contribution in [3.05, 3.63) is 48.0 Å². The molecule has 0 aliphatic carbocycles. The Balaban J connectivity index is 1.97. The molecule has 0 unspecified atom stereocenters. The molecule has 3 rings (SSSR count). The van der Waals surface area contributed by atoms with Crippen LogP contribution in [0.4, 0.5) is 14.9 Å². The number of benzene rings is 1. The Labute approximate surface area is 116 Å². The number of pyridine rings is 1. The fourth-order valence-electron chi connectivity index (χ4n) is 2.50. The zero-order valence-corrected chi connectivity index (χ0v) is 11.1. The Morgan fingerprint density at radius 2 is 2.15 bits per heavy atom. The van der Waals surface area contributed by atoms with Gasteiger partial charge in [0.1, 0.15) is 5.82 Å². The van der Waals surface area contributed by atoms with Crippen LogP contribution < -0.4 is 10.2 Å². The van der Waals surface area contributed by atoms with Gasteiger partial charge in [-0.1, -0.05) is 6.07 Å². The predicted octanol–water partition coefficient (Wildman–Crippen LogP) is 2.59. The van der Waals surface area contributed by atoms with Crippen LogP contribution in [0, 0.1) is 5.82 Å². The van der Waals surface area contributed by atoms with Gasteiger partial charge in [-0.3, -0.25) is 9.88 Å². The first-order valence-corrected chi connectivity index (χ1v) is 6.42. The Morgan fingerprint density at radius 1 is 1.30 bits per heavy atom. The molecule has 1 aromatic carbocycles. The molecule has 0 atom stereocenters. The topological polar surface area (TPSA) is 45.2 Å². The molecular formula is C15H14FN3O. The van der Waals surface area contributed by atoms with Crippen LogP contribution in [0.1, 0.15) is 5.56 Å². The lowest BCUT2D eigenvalue weighted by atomic mass is 10.0. The highest BCUT2D eigenvalue weighted by Crippen LogP contribution is 2.32. The van der Waals surface area contributed by atoms with Crippen molar-refractivity contribution in [1.29, 1.82) is 0 Å². The summed E-state index contributed by atoms with van der Waals surface area (Å²) in [6, 6.07) is 7.13. The van der Waals surface area contributed by atoms with Crippen molar-refractivity contribution in [2.45, 2.75) is 6.42 Å². The van der Waals surface area contributed by atoms with Gasteiger partial charge in [-0.15, -0.1) is 0 Å². The minimum absolute atomic E-state index is 0.107. The molecule has 102 valence electrons. The summed E-state index contributed by atoms with van der Waals surface area (Å²) in [4.78, 5) is 17.3. The molecule has 1 N–H and O–H groups in total. The van der Waals surface area contributed by atoms with Gasteiger partial charge in [-0.05, 0) is 35.7 Å². The number of carbonyl (C=O) groups is 1. The zero-order chi connectivity index (χ0) is 14.1. The minimum Gasteiger partial charge on any atom is -0.341 e. The van der Waals surface area contributed by atoms with E-state index >= 15 is 0 Å². The lowest BCUT2D eigenvalue weighted by Gasteiger charge is -2.16. The van der Waals surface area contributed by atoms with Crippen molar-refractivity contribution in [2.75, 3.05) is 18.5 Å². The van der Waals surface area contributed by atoms with Crippen LogP contribution in [0.25, 0.3) is 11.1 Å². The highest BCUT2D eigenvalue weighted by atomic mass is 19.1. The van der Waals surface area contributed by atoms with Crippen LogP contribution in [0.15, 0.2) is 36.7 Å². The standard InChI is InChI=1S/C15H14FN3O/c1-17-15(20)19-5-4-11-6-10(2-3-14(11)19)12-7-13(16)9-18-8-12/h2-3,6-9H,4-5H2,1H3,(H,17,20). The number of rotatable bonds is 1. The number of carbonyl (C=O) groups excluding carboxylic acids is 1. The number of hydrogen-bond acceptors (Lipinski definition) is 2. The third-order valence-corrected chi connectivity index (χ3v) is 3.47. The van der Waals surface area contributed by atoms with E-state index in [0.717, 1.165) is 28.8 Å². The van der Waals surface area contributed by atoms with E-state index in [1.807, 2.05) is 18.2 Å². The van der Waals surface area contributed by atoms with Crippen molar-refractivity contribution in [2.24, 2.45) is 0 Å². The lowest BCUT2D eigenvalue weighted by molar-refractivity contribution is 0.248. The van der Waals surface area contributed by atoms with Gasteiger partial charge < -0.3 is 5.32 Å².